The Balaban J connectivity index is 2.62. The Labute approximate surface area is 95.3 Å². The normalized spacial score (nSPS) is 9.88. The fourth-order valence-corrected chi connectivity index (χ4v) is 1.47. The summed E-state index contributed by atoms with van der Waals surface area (Å²) in [7, 11) is 0. The molecule has 0 spiro atoms. The van der Waals surface area contributed by atoms with Crippen LogP contribution in [0.5, 0.6) is 0 Å². The van der Waals surface area contributed by atoms with E-state index in [-0.39, 0.29) is 18.1 Å². The molecule has 1 rings (SSSR count). The summed E-state index contributed by atoms with van der Waals surface area (Å²) in [5, 5.41) is 0. The maximum atomic E-state index is 11.7. The zero-order valence-electron chi connectivity index (χ0n) is 9.64. The quantitative estimate of drug-likeness (QED) is 0.558. The van der Waals surface area contributed by atoms with Gasteiger partial charge in [0, 0.05) is 31.0 Å². The van der Waals surface area contributed by atoms with Crippen molar-refractivity contribution >= 4 is 11.7 Å². The lowest BCUT2D eigenvalue weighted by molar-refractivity contribution is -0.129. The van der Waals surface area contributed by atoms with Gasteiger partial charge in [-0.05, 0) is 26.0 Å². The molecule has 0 atom stereocenters. The van der Waals surface area contributed by atoms with Crippen molar-refractivity contribution in [2.45, 2.75) is 20.3 Å². The standard InChI is InChI=1S/C12H16N2O2/c1-3-14(4-2)12(16)9-11(15)10-5-7-13-8-6-10/h5-8H,3-4,9H2,1-2H3. The van der Waals surface area contributed by atoms with Crippen LogP contribution in [0.3, 0.4) is 0 Å². The van der Waals surface area contributed by atoms with E-state index in [2.05, 4.69) is 4.98 Å². The van der Waals surface area contributed by atoms with Gasteiger partial charge in [-0.3, -0.25) is 14.6 Å². The topological polar surface area (TPSA) is 50.3 Å². The van der Waals surface area contributed by atoms with Gasteiger partial charge in [-0.2, -0.15) is 0 Å². The van der Waals surface area contributed by atoms with Crippen molar-refractivity contribution in [3.8, 4) is 0 Å². The third kappa shape index (κ3) is 3.15. The summed E-state index contributed by atoms with van der Waals surface area (Å²) in [5.41, 5.74) is 0.538. The van der Waals surface area contributed by atoms with Crippen LogP contribution in [-0.4, -0.2) is 34.7 Å². The summed E-state index contributed by atoms with van der Waals surface area (Å²) >= 11 is 0. The van der Waals surface area contributed by atoms with Gasteiger partial charge in [0.05, 0.1) is 6.42 Å². The van der Waals surface area contributed by atoms with Crippen LogP contribution in [-0.2, 0) is 4.79 Å². The van der Waals surface area contributed by atoms with E-state index in [9.17, 15) is 9.59 Å². The van der Waals surface area contributed by atoms with E-state index in [1.807, 2.05) is 13.8 Å². The van der Waals surface area contributed by atoms with Gasteiger partial charge >= 0.3 is 0 Å². The largest absolute Gasteiger partial charge is 0.343 e. The van der Waals surface area contributed by atoms with Crippen LogP contribution in [0.4, 0.5) is 0 Å². The van der Waals surface area contributed by atoms with Gasteiger partial charge in [-0.1, -0.05) is 0 Å². The van der Waals surface area contributed by atoms with Gasteiger partial charge in [-0.25, -0.2) is 0 Å². The number of carbonyl (C=O) groups excluding carboxylic acids is 2. The highest BCUT2D eigenvalue weighted by Crippen LogP contribution is 2.04. The first-order valence-electron chi connectivity index (χ1n) is 5.40. The number of rotatable bonds is 5. The lowest BCUT2D eigenvalue weighted by Crippen LogP contribution is -2.32. The van der Waals surface area contributed by atoms with Gasteiger partial charge in [0.25, 0.3) is 0 Å². The zero-order valence-corrected chi connectivity index (χ0v) is 9.64. The van der Waals surface area contributed by atoms with Crippen molar-refractivity contribution < 1.29 is 9.59 Å². The summed E-state index contributed by atoms with van der Waals surface area (Å²) in [4.78, 5) is 28.9. The van der Waals surface area contributed by atoms with Crippen LogP contribution in [0.15, 0.2) is 24.5 Å². The Bertz CT molecular complexity index is 359. The van der Waals surface area contributed by atoms with E-state index in [4.69, 9.17) is 0 Å². The number of amides is 1. The molecule has 0 aliphatic heterocycles. The molecular weight excluding hydrogens is 204 g/mol. The fourth-order valence-electron chi connectivity index (χ4n) is 1.47. The Morgan fingerprint density at radius 3 is 2.25 bits per heavy atom. The molecule has 0 saturated heterocycles. The van der Waals surface area contributed by atoms with Crippen LogP contribution in [0.25, 0.3) is 0 Å². The Morgan fingerprint density at radius 1 is 1.19 bits per heavy atom. The molecule has 1 heterocycles. The van der Waals surface area contributed by atoms with Gasteiger partial charge in [0.15, 0.2) is 5.78 Å². The highest BCUT2D eigenvalue weighted by Gasteiger charge is 2.15. The summed E-state index contributed by atoms with van der Waals surface area (Å²) in [6.07, 6.45) is 3.04. The predicted octanol–water partition coefficient (Wildman–Crippen LogP) is 1.52. The molecule has 0 radical (unpaired) electrons. The molecule has 0 aromatic carbocycles. The zero-order chi connectivity index (χ0) is 12.0. The summed E-state index contributed by atoms with van der Waals surface area (Å²) < 4.78 is 0. The van der Waals surface area contributed by atoms with Crippen molar-refractivity contribution in [3.05, 3.63) is 30.1 Å². The van der Waals surface area contributed by atoms with Crippen LogP contribution in [0.2, 0.25) is 0 Å². The monoisotopic (exact) mass is 220 g/mol. The molecule has 1 aromatic heterocycles. The smallest absolute Gasteiger partial charge is 0.230 e. The van der Waals surface area contributed by atoms with E-state index in [1.165, 1.54) is 0 Å². The highest BCUT2D eigenvalue weighted by atomic mass is 16.2. The second kappa shape index (κ2) is 6.00. The first-order chi connectivity index (χ1) is 7.69. The molecule has 1 aromatic rings. The average Bonchev–Trinajstić information content (AvgIpc) is 2.31. The molecule has 0 aliphatic carbocycles. The minimum absolute atomic E-state index is 0.0638. The maximum Gasteiger partial charge on any atom is 0.230 e. The second-order valence-electron chi connectivity index (χ2n) is 3.40. The Morgan fingerprint density at radius 2 is 1.75 bits per heavy atom. The Hall–Kier alpha value is -1.71. The molecule has 16 heavy (non-hydrogen) atoms. The van der Waals surface area contributed by atoms with E-state index in [0.717, 1.165) is 0 Å². The van der Waals surface area contributed by atoms with Gasteiger partial charge < -0.3 is 4.90 Å². The summed E-state index contributed by atoms with van der Waals surface area (Å²) in [6.45, 7) is 5.08. The van der Waals surface area contributed by atoms with Crippen molar-refractivity contribution in [3.63, 3.8) is 0 Å². The SMILES string of the molecule is CCN(CC)C(=O)CC(=O)c1ccncc1. The van der Waals surface area contributed by atoms with Crippen LogP contribution < -0.4 is 0 Å². The third-order valence-corrected chi connectivity index (χ3v) is 2.43. The van der Waals surface area contributed by atoms with E-state index >= 15 is 0 Å². The maximum absolute atomic E-state index is 11.7. The predicted molar refractivity (Wildman–Crippen MR) is 61.1 cm³/mol. The molecule has 0 unspecified atom stereocenters. The molecule has 1 amide bonds. The minimum atomic E-state index is -0.153. The number of ketones is 1. The van der Waals surface area contributed by atoms with Crippen molar-refractivity contribution in [1.82, 2.24) is 9.88 Å². The molecule has 0 bridgehead atoms. The summed E-state index contributed by atoms with van der Waals surface area (Å²) in [5.74, 6) is -0.272. The average molecular weight is 220 g/mol. The number of Topliss-reactive ketones (excluding diaryl/α,β-unsaturated/α-hetero) is 1. The number of carbonyl (C=O) groups is 2. The van der Waals surface area contributed by atoms with Gasteiger partial charge in [0.2, 0.25) is 5.91 Å². The van der Waals surface area contributed by atoms with Crippen molar-refractivity contribution in [1.29, 1.82) is 0 Å². The molecule has 86 valence electrons. The second-order valence-corrected chi connectivity index (χ2v) is 3.40. The van der Waals surface area contributed by atoms with Crippen molar-refractivity contribution in [2.24, 2.45) is 0 Å². The molecular formula is C12H16N2O2. The third-order valence-electron chi connectivity index (χ3n) is 2.43. The van der Waals surface area contributed by atoms with E-state index in [0.29, 0.717) is 18.7 Å². The first kappa shape index (κ1) is 12.4. The molecule has 4 nitrogen and oxygen atoms in total. The lowest BCUT2D eigenvalue weighted by atomic mass is 10.1. The minimum Gasteiger partial charge on any atom is -0.343 e. The number of pyridine rings is 1. The molecule has 0 N–H and O–H groups in total. The first-order valence-corrected chi connectivity index (χ1v) is 5.40. The van der Waals surface area contributed by atoms with E-state index in [1.54, 1.807) is 29.4 Å². The Kier molecular flexibility index (Phi) is 4.64. The number of aromatic nitrogens is 1. The van der Waals surface area contributed by atoms with Crippen LogP contribution >= 0.6 is 0 Å². The van der Waals surface area contributed by atoms with Crippen LogP contribution in [0, 0.1) is 0 Å². The molecule has 4 heteroatoms. The molecule has 0 aliphatic rings. The summed E-state index contributed by atoms with van der Waals surface area (Å²) in [6, 6.07) is 3.25. The number of hydrogen-bond acceptors (Lipinski definition) is 3. The molecule has 0 saturated carbocycles. The van der Waals surface area contributed by atoms with E-state index < -0.39 is 0 Å². The lowest BCUT2D eigenvalue weighted by Gasteiger charge is -2.17. The fraction of sp³-hybridized carbons (Fsp3) is 0.417. The number of hydrogen-bond donors (Lipinski definition) is 0. The van der Waals surface area contributed by atoms with Crippen LogP contribution in [0.1, 0.15) is 30.6 Å². The van der Waals surface area contributed by atoms with Crippen molar-refractivity contribution in [2.75, 3.05) is 13.1 Å². The molecule has 0 fully saturated rings. The highest BCUT2D eigenvalue weighted by molar-refractivity contribution is 6.07. The van der Waals surface area contributed by atoms with Gasteiger partial charge in [0.1, 0.15) is 0 Å². The number of nitrogens with zero attached hydrogens (tertiary/aromatic N) is 2. The van der Waals surface area contributed by atoms with Gasteiger partial charge in [-0.15, -0.1) is 0 Å².